The molecule has 0 saturated carbocycles. The maximum atomic E-state index is 12.4. The van der Waals surface area contributed by atoms with Crippen LogP contribution in [0.2, 0.25) is 0 Å². The number of pyridine rings is 1. The number of aromatic nitrogens is 3. The average molecular weight is 495 g/mol. The van der Waals surface area contributed by atoms with Crippen LogP contribution in [-0.2, 0) is 20.8 Å². The molecular weight excluding hydrogens is 456 g/mol. The van der Waals surface area contributed by atoms with E-state index in [1.165, 1.54) is 0 Å². The molecule has 1 fully saturated rings. The number of nitrogens with zero attached hydrogens (tertiary/aromatic N) is 2. The lowest BCUT2D eigenvalue weighted by molar-refractivity contribution is -0.150. The Morgan fingerprint density at radius 2 is 2.00 bits per heavy atom. The van der Waals surface area contributed by atoms with Crippen LogP contribution in [-0.4, -0.2) is 45.9 Å². The number of rotatable bonds is 9. The summed E-state index contributed by atoms with van der Waals surface area (Å²) in [6.07, 6.45) is 4.29. The molecule has 0 bridgehead atoms. The Balaban J connectivity index is 1.68. The van der Waals surface area contributed by atoms with Crippen molar-refractivity contribution < 1.29 is 14.3 Å². The highest BCUT2D eigenvalue weighted by Gasteiger charge is 2.26. The summed E-state index contributed by atoms with van der Waals surface area (Å²) in [4.78, 5) is 32.3. The normalized spacial score (nSPS) is 16.4. The summed E-state index contributed by atoms with van der Waals surface area (Å²) in [6.45, 7) is 11.9. The Bertz CT molecular complexity index is 1260. The van der Waals surface area contributed by atoms with E-state index >= 15 is 0 Å². The molecule has 0 aliphatic carbocycles. The van der Waals surface area contributed by atoms with Gasteiger partial charge in [-0.15, -0.1) is 0 Å². The van der Waals surface area contributed by atoms with Crippen molar-refractivity contribution >= 4 is 17.0 Å². The van der Waals surface area contributed by atoms with Crippen LogP contribution in [0, 0.1) is 12.8 Å². The summed E-state index contributed by atoms with van der Waals surface area (Å²) in [5.41, 5.74) is 4.46. The lowest BCUT2D eigenvalue weighted by atomic mass is 9.92. The fourth-order valence-electron chi connectivity index (χ4n) is 4.96. The topological polar surface area (TPSA) is 98.2 Å². The molecule has 8 nitrogen and oxygen atoms in total. The second-order valence-corrected chi connectivity index (χ2v) is 10.0. The molecule has 2 aromatic heterocycles. The molecule has 2 atom stereocenters. The number of imidazole rings is 1. The number of aromatic amines is 1. The number of carbonyl (C=O) groups is 1. The number of benzene rings is 1. The fourth-order valence-corrected chi connectivity index (χ4v) is 4.96. The predicted molar refractivity (Wildman–Crippen MR) is 141 cm³/mol. The lowest BCUT2D eigenvalue weighted by Gasteiger charge is -2.30. The van der Waals surface area contributed by atoms with Crippen molar-refractivity contribution in [2.45, 2.75) is 78.6 Å². The van der Waals surface area contributed by atoms with Crippen LogP contribution in [0.3, 0.4) is 0 Å². The van der Waals surface area contributed by atoms with Gasteiger partial charge in [-0.3, -0.25) is 9.59 Å². The SMILES string of the molecule is CCC(NCc1ccc2c(c1)nc(-c1c[nH]c(=O)c(C)c1)n2C(C)C1CCOCC1)C(=O)OC(C)C. The van der Waals surface area contributed by atoms with Crippen LogP contribution >= 0.6 is 0 Å². The standard InChI is InChI=1S/C28H38N4O4/c1-6-23(28(34)36-17(2)3)29-15-20-7-8-25-24(14-20)31-26(22-13-18(4)27(33)30-16-22)32(25)19(5)21-9-11-35-12-10-21/h7-8,13-14,16-17,19,21,23,29H,6,9-12,15H2,1-5H3,(H,30,33). The number of carbonyl (C=O) groups excluding carboxylic acids is 1. The molecular formula is C28H38N4O4. The highest BCUT2D eigenvalue weighted by molar-refractivity contribution is 5.81. The van der Waals surface area contributed by atoms with Gasteiger partial charge >= 0.3 is 5.97 Å². The molecule has 0 spiro atoms. The zero-order valence-corrected chi connectivity index (χ0v) is 22.0. The Morgan fingerprint density at radius 3 is 2.67 bits per heavy atom. The molecule has 3 aromatic rings. The monoisotopic (exact) mass is 494 g/mol. The number of fused-ring (bicyclic) bond motifs is 1. The minimum absolute atomic E-state index is 0.0891. The van der Waals surface area contributed by atoms with Crippen LogP contribution < -0.4 is 10.9 Å². The number of esters is 1. The van der Waals surface area contributed by atoms with Crippen molar-refractivity contribution in [2.75, 3.05) is 13.2 Å². The van der Waals surface area contributed by atoms with Gasteiger partial charge < -0.3 is 24.3 Å². The first-order valence-electron chi connectivity index (χ1n) is 13.0. The summed E-state index contributed by atoms with van der Waals surface area (Å²) >= 11 is 0. The zero-order valence-electron chi connectivity index (χ0n) is 22.0. The minimum Gasteiger partial charge on any atom is -0.462 e. The Kier molecular flexibility index (Phi) is 8.26. The third-order valence-corrected chi connectivity index (χ3v) is 7.05. The average Bonchev–Trinajstić information content (AvgIpc) is 3.24. The van der Waals surface area contributed by atoms with Crippen molar-refractivity contribution in [1.82, 2.24) is 19.9 Å². The molecule has 1 aliphatic heterocycles. The lowest BCUT2D eigenvalue weighted by Crippen LogP contribution is -2.38. The molecule has 0 amide bonds. The van der Waals surface area contributed by atoms with Crippen molar-refractivity contribution in [3.8, 4) is 11.4 Å². The molecule has 1 aromatic carbocycles. The predicted octanol–water partition coefficient (Wildman–Crippen LogP) is 4.51. The zero-order chi connectivity index (χ0) is 25.8. The summed E-state index contributed by atoms with van der Waals surface area (Å²) in [5.74, 6) is 1.11. The van der Waals surface area contributed by atoms with Gasteiger partial charge in [0, 0.05) is 43.1 Å². The third kappa shape index (κ3) is 5.71. The van der Waals surface area contributed by atoms with Crippen LogP contribution in [0.4, 0.5) is 0 Å². The molecule has 3 heterocycles. The van der Waals surface area contributed by atoms with E-state index in [-0.39, 0.29) is 29.7 Å². The second-order valence-electron chi connectivity index (χ2n) is 10.0. The van der Waals surface area contributed by atoms with Gasteiger partial charge in [0.15, 0.2) is 0 Å². The van der Waals surface area contributed by atoms with Crippen molar-refractivity contribution in [2.24, 2.45) is 5.92 Å². The van der Waals surface area contributed by atoms with E-state index in [0.29, 0.717) is 24.4 Å². The highest BCUT2D eigenvalue weighted by atomic mass is 16.5. The van der Waals surface area contributed by atoms with E-state index in [1.54, 1.807) is 6.20 Å². The minimum atomic E-state index is -0.353. The number of nitrogens with one attached hydrogen (secondary N) is 2. The Morgan fingerprint density at radius 1 is 1.25 bits per heavy atom. The number of aryl methyl sites for hydroxylation is 1. The largest absolute Gasteiger partial charge is 0.462 e. The molecule has 1 aliphatic rings. The molecule has 194 valence electrons. The molecule has 4 rings (SSSR count). The van der Waals surface area contributed by atoms with Crippen LogP contribution in [0.15, 0.2) is 35.3 Å². The van der Waals surface area contributed by atoms with Gasteiger partial charge in [0.05, 0.1) is 17.1 Å². The number of hydrogen-bond acceptors (Lipinski definition) is 6. The van der Waals surface area contributed by atoms with Crippen molar-refractivity contribution in [3.63, 3.8) is 0 Å². The van der Waals surface area contributed by atoms with Crippen LogP contribution in [0.5, 0.6) is 0 Å². The maximum Gasteiger partial charge on any atom is 0.323 e. The van der Waals surface area contributed by atoms with Gasteiger partial charge in [-0.1, -0.05) is 13.0 Å². The number of ether oxygens (including phenoxy) is 2. The first kappa shape index (κ1) is 26.1. The van der Waals surface area contributed by atoms with Gasteiger partial charge in [0.2, 0.25) is 0 Å². The maximum absolute atomic E-state index is 12.4. The van der Waals surface area contributed by atoms with Crippen molar-refractivity contribution in [3.05, 3.63) is 51.9 Å². The van der Waals surface area contributed by atoms with Crippen molar-refractivity contribution in [1.29, 1.82) is 0 Å². The summed E-state index contributed by atoms with van der Waals surface area (Å²) in [7, 11) is 0. The van der Waals surface area contributed by atoms with Gasteiger partial charge in [-0.25, -0.2) is 4.98 Å². The van der Waals surface area contributed by atoms with Gasteiger partial charge in [-0.05, 0) is 76.6 Å². The summed E-state index contributed by atoms with van der Waals surface area (Å²) in [5, 5.41) is 3.33. The molecule has 8 heteroatoms. The quantitative estimate of drug-likeness (QED) is 0.425. The highest BCUT2D eigenvalue weighted by Crippen LogP contribution is 2.35. The van der Waals surface area contributed by atoms with E-state index in [4.69, 9.17) is 14.5 Å². The smallest absolute Gasteiger partial charge is 0.323 e. The first-order chi connectivity index (χ1) is 17.3. The van der Waals surface area contributed by atoms with E-state index in [2.05, 4.69) is 40.0 Å². The molecule has 1 saturated heterocycles. The fraction of sp³-hybridized carbons (Fsp3) is 0.536. The van der Waals surface area contributed by atoms with Crippen LogP contribution in [0.1, 0.15) is 64.1 Å². The Hall–Kier alpha value is -2.97. The molecule has 2 unspecified atom stereocenters. The van der Waals surface area contributed by atoms with E-state index in [0.717, 1.165) is 54.0 Å². The summed E-state index contributed by atoms with van der Waals surface area (Å²) in [6, 6.07) is 8.06. The van der Waals surface area contributed by atoms with E-state index in [1.807, 2.05) is 33.8 Å². The van der Waals surface area contributed by atoms with Crippen LogP contribution in [0.25, 0.3) is 22.4 Å². The Labute approximate surface area is 212 Å². The van der Waals surface area contributed by atoms with E-state index < -0.39 is 0 Å². The second kappa shape index (κ2) is 11.4. The molecule has 0 radical (unpaired) electrons. The molecule has 36 heavy (non-hydrogen) atoms. The first-order valence-corrected chi connectivity index (χ1v) is 13.0. The molecule has 2 N–H and O–H groups in total. The van der Waals surface area contributed by atoms with Gasteiger partial charge in [0.25, 0.3) is 5.56 Å². The number of hydrogen-bond donors (Lipinski definition) is 2. The van der Waals surface area contributed by atoms with Gasteiger partial charge in [0.1, 0.15) is 11.9 Å². The van der Waals surface area contributed by atoms with Gasteiger partial charge in [-0.2, -0.15) is 0 Å². The number of H-pyrrole nitrogens is 1. The summed E-state index contributed by atoms with van der Waals surface area (Å²) < 4.78 is 13.3. The van der Waals surface area contributed by atoms with E-state index in [9.17, 15) is 9.59 Å². The third-order valence-electron chi connectivity index (χ3n) is 7.05.